The van der Waals surface area contributed by atoms with E-state index in [1.165, 1.54) is 44.9 Å². The van der Waals surface area contributed by atoms with Gasteiger partial charge in [-0.1, -0.05) is 25.7 Å². The Labute approximate surface area is 140 Å². The summed E-state index contributed by atoms with van der Waals surface area (Å²) < 4.78 is 0. The summed E-state index contributed by atoms with van der Waals surface area (Å²) in [6, 6.07) is 0. The molecule has 130 valence electrons. The average molecular weight is 320 g/mol. The number of carbonyl (C=O) groups excluding carboxylic acids is 2. The Hall–Kier alpha value is -1.06. The predicted molar refractivity (Wildman–Crippen MR) is 91.0 cm³/mol. The monoisotopic (exact) mass is 320 g/mol. The summed E-state index contributed by atoms with van der Waals surface area (Å²) in [5, 5.41) is 0. The molecule has 0 aromatic rings. The van der Waals surface area contributed by atoms with E-state index in [1.54, 1.807) is 0 Å². The molecule has 0 aromatic heterocycles. The van der Waals surface area contributed by atoms with Crippen LogP contribution >= 0.6 is 0 Å². The number of piperidine rings is 1. The smallest absolute Gasteiger partial charge is 0.222 e. The summed E-state index contributed by atoms with van der Waals surface area (Å²) in [5.41, 5.74) is 0.439. The molecule has 2 heterocycles. The van der Waals surface area contributed by atoms with E-state index in [0.717, 1.165) is 45.4 Å². The Balaban J connectivity index is 1.41. The van der Waals surface area contributed by atoms with Crippen molar-refractivity contribution in [2.24, 2.45) is 5.41 Å². The van der Waals surface area contributed by atoms with Gasteiger partial charge in [-0.15, -0.1) is 0 Å². The van der Waals surface area contributed by atoms with Gasteiger partial charge in [0.1, 0.15) is 0 Å². The van der Waals surface area contributed by atoms with Crippen LogP contribution in [0.5, 0.6) is 0 Å². The summed E-state index contributed by atoms with van der Waals surface area (Å²) in [7, 11) is 0. The Morgan fingerprint density at radius 3 is 2.48 bits per heavy atom. The average Bonchev–Trinajstić information content (AvgIpc) is 2.83. The molecule has 23 heavy (non-hydrogen) atoms. The van der Waals surface area contributed by atoms with Crippen LogP contribution in [0.15, 0.2) is 0 Å². The van der Waals surface area contributed by atoms with E-state index in [-0.39, 0.29) is 5.91 Å². The maximum atomic E-state index is 12.5. The van der Waals surface area contributed by atoms with E-state index in [2.05, 4.69) is 4.90 Å². The Morgan fingerprint density at radius 2 is 1.74 bits per heavy atom. The summed E-state index contributed by atoms with van der Waals surface area (Å²) in [6.07, 6.45) is 13.6. The van der Waals surface area contributed by atoms with Gasteiger partial charge in [0.2, 0.25) is 11.8 Å². The third kappa shape index (κ3) is 4.27. The van der Waals surface area contributed by atoms with Crippen LogP contribution in [-0.2, 0) is 9.59 Å². The highest BCUT2D eigenvalue weighted by Gasteiger charge is 2.39. The fourth-order valence-corrected chi connectivity index (χ4v) is 4.71. The van der Waals surface area contributed by atoms with Gasteiger partial charge in [-0.05, 0) is 43.9 Å². The van der Waals surface area contributed by atoms with Gasteiger partial charge < -0.3 is 9.80 Å². The van der Waals surface area contributed by atoms with Gasteiger partial charge in [-0.2, -0.15) is 0 Å². The maximum Gasteiger partial charge on any atom is 0.222 e. The molecular weight excluding hydrogens is 288 g/mol. The first-order valence-corrected chi connectivity index (χ1v) is 9.74. The summed E-state index contributed by atoms with van der Waals surface area (Å²) in [6.45, 7) is 3.61. The third-order valence-electron chi connectivity index (χ3n) is 6.20. The van der Waals surface area contributed by atoms with E-state index < -0.39 is 0 Å². The van der Waals surface area contributed by atoms with Crippen molar-refractivity contribution in [3.05, 3.63) is 0 Å². The van der Waals surface area contributed by atoms with Gasteiger partial charge in [-0.3, -0.25) is 9.59 Å². The molecule has 1 aliphatic carbocycles. The van der Waals surface area contributed by atoms with E-state index in [1.807, 2.05) is 4.90 Å². The molecule has 0 aromatic carbocycles. The second kappa shape index (κ2) is 7.67. The van der Waals surface area contributed by atoms with Crippen molar-refractivity contribution in [3.8, 4) is 0 Å². The number of nitrogens with zero attached hydrogens (tertiary/aromatic N) is 2. The van der Waals surface area contributed by atoms with Gasteiger partial charge in [-0.25, -0.2) is 0 Å². The van der Waals surface area contributed by atoms with Gasteiger partial charge in [0.25, 0.3) is 0 Å². The highest BCUT2D eigenvalue weighted by Crippen LogP contribution is 2.42. The molecule has 3 fully saturated rings. The minimum Gasteiger partial charge on any atom is -0.343 e. The normalized spacial score (nSPS) is 25.0. The molecular formula is C19H32N2O2. The van der Waals surface area contributed by atoms with Crippen molar-refractivity contribution >= 4 is 11.8 Å². The fourth-order valence-electron chi connectivity index (χ4n) is 4.71. The van der Waals surface area contributed by atoms with Crippen LogP contribution in [-0.4, -0.2) is 47.8 Å². The molecule has 3 aliphatic rings. The molecule has 2 amide bonds. The van der Waals surface area contributed by atoms with Gasteiger partial charge in [0, 0.05) is 39.0 Å². The van der Waals surface area contributed by atoms with Crippen LogP contribution < -0.4 is 0 Å². The molecule has 0 bridgehead atoms. The SMILES string of the molecule is O=C1CCCCN1CCCC(=O)N1CCC2(CCCCCC2)C1. The zero-order valence-electron chi connectivity index (χ0n) is 14.5. The molecule has 0 radical (unpaired) electrons. The van der Waals surface area contributed by atoms with E-state index in [9.17, 15) is 9.59 Å². The highest BCUT2D eigenvalue weighted by atomic mass is 16.2. The quantitative estimate of drug-likeness (QED) is 0.797. The maximum absolute atomic E-state index is 12.5. The van der Waals surface area contributed by atoms with Crippen molar-refractivity contribution in [3.63, 3.8) is 0 Å². The Bertz CT molecular complexity index is 427. The first-order chi connectivity index (χ1) is 11.2. The summed E-state index contributed by atoms with van der Waals surface area (Å²) in [5.74, 6) is 0.595. The molecule has 1 spiro atoms. The largest absolute Gasteiger partial charge is 0.343 e. The van der Waals surface area contributed by atoms with Crippen LogP contribution in [0.4, 0.5) is 0 Å². The minimum absolute atomic E-state index is 0.280. The summed E-state index contributed by atoms with van der Waals surface area (Å²) >= 11 is 0. The second-order valence-corrected chi connectivity index (χ2v) is 7.92. The van der Waals surface area contributed by atoms with Crippen molar-refractivity contribution in [2.45, 2.75) is 77.0 Å². The van der Waals surface area contributed by atoms with E-state index >= 15 is 0 Å². The van der Waals surface area contributed by atoms with E-state index in [0.29, 0.717) is 24.2 Å². The molecule has 4 heteroatoms. The van der Waals surface area contributed by atoms with E-state index in [4.69, 9.17) is 0 Å². The number of rotatable bonds is 4. The van der Waals surface area contributed by atoms with Gasteiger partial charge in [0.05, 0.1) is 0 Å². The third-order valence-corrected chi connectivity index (χ3v) is 6.20. The minimum atomic E-state index is 0.280. The molecule has 0 atom stereocenters. The number of amides is 2. The van der Waals surface area contributed by atoms with Gasteiger partial charge in [0.15, 0.2) is 0 Å². The lowest BCUT2D eigenvalue weighted by Gasteiger charge is -2.28. The number of carbonyl (C=O) groups is 2. The molecule has 0 N–H and O–H groups in total. The lowest BCUT2D eigenvalue weighted by atomic mass is 9.80. The zero-order chi connectivity index (χ0) is 16.1. The number of likely N-dealkylation sites (tertiary alicyclic amines) is 2. The first-order valence-electron chi connectivity index (χ1n) is 9.74. The number of hydrogen-bond acceptors (Lipinski definition) is 2. The van der Waals surface area contributed by atoms with Crippen LogP contribution in [0.3, 0.4) is 0 Å². The standard InChI is InChI=1S/C19H32N2O2/c22-17-8-3-6-13-20(17)14-7-9-18(23)21-15-12-19(16-21)10-4-1-2-5-11-19/h1-16H2. The second-order valence-electron chi connectivity index (χ2n) is 7.92. The van der Waals surface area contributed by atoms with Crippen LogP contribution in [0.1, 0.15) is 77.0 Å². The first kappa shape index (κ1) is 16.8. The molecule has 2 aliphatic heterocycles. The molecule has 4 nitrogen and oxygen atoms in total. The topological polar surface area (TPSA) is 40.6 Å². The molecule has 0 unspecified atom stereocenters. The highest BCUT2D eigenvalue weighted by molar-refractivity contribution is 5.78. The van der Waals surface area contributed by atoms with Gasteiger partial charge >= 0.3 is 0 Å². The van der Waals surface area contributed by atoms with Crippen LogP contribution in [0.25, 0.3) is 0 Å². The Kier molecular flexibility index (Phi) is 5.60. The predicted octanol–water partition coefficient (Wildman–Crippen LogP) is 3.35. The number of hydrogen-bond donors (Lipinski definition) is 0. The zero-order valence-corrected chi connectivity index (χ0v) is 14.5. The van der Waals surface area contributed by atoms with Crippen molar-refractivity contribution in [1.82, 2.24) is 9.80 Å². The Morgan fingerprint density at radius 1 is 0.957 bits per heavy atom. The van der Waals surface area contributed by atoms with Crippen molar-refractivity contribution in [1.29, 1.82) is 0 Å². The van der Waals surface area contributed by atoms with Crippen LogP contribution in [0, 0.1) is 5.41 Å². The van der Waals surface area contributed by atoms with Crippen molar-refractivity contribution < 1.29 is 9.59 Å². The fraction of sp³-hybridized carbons (Fsp3) is 0.895. The van der Waals surface area contributed by atoms with Crippen LogP contribution in [0.2, 0.25) is 0 Å². The summed E-state index contributed by atoms with van der Waals surface area (Å²) in [4.78, 5) is 28.4. The molecule has 3 rings (SSSR count). The van der Waals surface area contributed by atoms with Crippen molar-refractivity contribution in [2.75, 3.05) is 26.2 Å². The molecule has 1 saturated carbocycles. The lowest BCUT2D eigenvalue weighted by Crippen LogP contribution is -2.37. The molecule has 2 saturated heterocycles. The lowest BCUT2D eigenvalue weighted by molar-refractivity contribution is -0.135.